The molecule has 1 atom stereocenters. The summed E-state index contributed by atoms with van der Waals surface area (Å²) in [4.78, 5) is 38.3. The first kappa shape index (κ1) is 71.1. The fourth-order valence-electron chi connectivity index (χ4n) is 9.43. The highest BCUT2D eigenvalue weighted by Gasteiger charge is 2.19. The molecule has 74 heavy (non-hydrogen) atoms. The number of hydrogen-bond donors (Lipinski definition) is 0. The van der Waals surface area contributed by atoms with E-state index in [4.69, 9.17) is 14.2 Å². The van der Waals surface area contributed by atoms with Gasteiger partial charge in [0.05, 0.1) is 0 Å². The average molecular weight is 1040 g/mol. The number of carbonyl (C=O) groups excluding carboxylic acids is 3. The minimum absolute atomic E-state index is 0.0807. The molecule has 0 fully saturated rings. The van der Waals surface area contributed by atoms with Crippen LogP contribution in [0, 0.1) is 0 Å². The van der Waals surface area contributed by atoms with Gasteiger partial charge >= 0.3 is 17.9 Å². The van der Waals surface area contributed by atoms with Crippen molar-refractivity contribution in [2.75, 3.05) is 13.2 Å². The largest absolute Gasteiger partial charge is 0.462 e. The molecule has 6 nitrogen and oxygen atoms in total. The Kier molecular flexibility index (Phi) is 60.2. The lowest BCUT2D eigenvalue weighted by Gasteiger charge is -2.18. The van der Waals surface area contributed by atoms with Crippen LogP contribution in [0.25, 0.3) is 0 Å². The lowest BCUT2D eigenvalue weighted by molar-refractivity contribution is -0.167. The highest BCUT2D eigenvalue weighted by Crippen LogP contribution is 2.17. The zero-order valence-electron chi connectivity index (χ0n) is 49.4. The molecule has 0 bridgehead atoms. The van der Waals surface area contributed by atoms with Crippen molar-refractivity contribution in [3.05, 3.63) is 60.8 Å². The summed E-state index contributed by atoms with van der Waals surface area (Å²) in [6.07, 6.45) is 79.5. The molecule has 0 aromatic rings. The Labute approximate surface area is 460 Å². The SMILES string of the molecule is CC/C=C\C/C=C\C/C=C\C/C=C\CCCCCCC(=O)OC(COC(=O)CCCCCCCCCCCCCCCC)COC(=O)CCCCCCCCCCCCCCC/C=C\CCCCCCCCCC. The third-order valence-corrected chi connectivity index (χ3v) is 14.3. The Morgan fingerprint density at radius 3 is 0.838 bits per heavy atom. The first-order valence-corrected chi connectivity index (χ1v) is 32.3. The van der Waals surface area contributed by atoms with Crippen molar-refractivity contribution in [2.45, 2.75) is 341 Å². The van der Waals surface area contributed by atoms with Gasteiger partial charge in [-0.1, -0.05) is 293 Å². The van der Waals surface area contributed by atoms with Crippen molar-refractivity contribution >= 4 is 17.9 Å². The monoisotopic (exact) mass is 1030 g/mol. The van der Waals surface area contributed by atoms with E-state index in [9.17, 15) is 14.4 Å². The smallest absolute Gasteiger partial charge is 0.306 e. The number of allylic oxidation sites excluding steroid dienone is 10. The van der Waals surface area contributed by atoms with Crippen molar-refractivity contribution in [2.24, 2.45) is 0 Å². The Hall–Kier alpha value is -2.89. The van der Waals surface area contributed by atoms with Gasteiger partial charge < -0.3 is 14.2 Å². The third kappa shape index (κ3) is 60.0. The van der Waals surface area contributed by atoms with E-state index in [2.05, 4.69) is 81.5 Å². The maximum absolute atomic E-state index is 12.9. The van der Waals surface area contributed by atoms with Crippen LogP contribution in [-0.2, 0) is 28.6 Å². The van der Waals surface area contributed by atoms with Gasteiger partial charge in [0.1, 0.15) is 13.2 Å². The summed E-state index contributed by atoms with van der Waals surface area (Å²) in [5.74, 6) is -0.886. The van der Waals surface area contributed by atoms with Gasteiger partial charge in [0, 0.05) is 19.3 Å². The Morgan fingerprint density at radius 1 is 0.284 bits per heavy atom. The maximum Gasteiger partial charge on any atom is 0.306 e. The van der Waals surface area contributed by atoms with E-state index in [1.807, 2.05) is 0 Å². The average Bonchev–Trinajstić information content (AvgIpc) is 3.40. The number of carbonyl (C=O) groups is 3. The maximum atomic E-state index is 12.9. The molecule has 0 aromatic carbocycles. The molecule has 0 spiro atoms. The molecule has 0 heterocycles. The quantitative estimate of drug-likeness (QED) is 0.0261. The second-order valence-corrected chi connectivity index (χ2v) is 21.6. The summed E-state index contributed by atoms with van der Waals surface area (Å²) < 4.78 is 16.9. The Balaban J connectivity index is 4.29. The van der Waals surface area contributed by atoms with Gasteiger partial charge in [-0.15, -0.1) is 0 Å². The standard InChI is InChI=1S/C68H122O6/c1-4-7-10-13-16-19-22-25-28-30-31-32-33-34-35-36-37-39-40-43-46-49-52-55-58-61-67(70)73-64-65(63-72-66(69)60-57-54-51-48-45-42-27-24-21-18-15-12-9-6-3)74-68(71)62-59-56-53-50-47-44-41-38-29-26-23-20-17-14-11-8-5-2/h8,11,17,20,26,29-31,41,44,65H,4-7,9-10,12-16,18-19,21-25,27-28,32-40,42-43,45-64H2,1-3H3/b11-8-,20-17-,29-26-,31-30-,44-41-. The van der Waals surface area contributed by atoms with Gasteiger partial charge in [0.25, 0.3) is 0 Å². The minimum Gasteiger partial charge on any atom is -0.462 e. The van der Waals surface area contributed by atoms with E-state index in [0.717, 1.165) is 96.3 Å². The van der Waals surface area contributed by atoms with Gasteiger partial charge in [0.2, 0.25) is 0 Å². The number of ether oxygens (including phenoxy) is 3. The molecule has 0 aliphatic rings. The summed E-state index contributed by atoms with van der Waals surface area (Å²) in [6.45, 7) is 6.55. The number of hydrogen-bond acceptors (Lipinski definition) is 6. The van der Waals surface area contributed by atoms with Crippen LogP contribution in [0.3, 0.4) is 0 Å². The van der Waals surface area contributed by atoms with Crippen LogP contribution in [0.1, 0.15) is 335 Å². The molecule has 0 saturated heterocycles. The Morgan fingerprint density at radius 2 is 0.527 bits per heavy atom. The highest BCUT2D eigenvalue weighted by atomic mass is 16.6. The summed E-state index contributed by atoms with van der Waals surface area (Å²) in [5.41, 5.74) is 0. The van der Waals surface area contributed by atoms with Crippen LogP contribution in [0.15, 0.2) is 60.8 Å². The molecule has 0 aromatic heterocycles. The van der Waals surface area contributed by atoms with Gasteiger partial charge in [-0.25, -0.2) is 0 Å². The molecule has 430 valence electrons. The number of unbranched alkanes of at least 4 members (excludes halogenated alkanes) is 38. The van der Waals surface area contributed by atoms with E-state index >= 15 is 0 Å². The van der Waals surface area contributed by atoms with E-state index in [-0.39, 0.29) is 31.1 Å². The molecule has 0 saturated carbocycles. The Bertz CT molecular complexity index is 1330. The first-order chi connectivity index (χ1) is 36.5. The summed E-state index contributed by atoms with van der Waals surface area (Å²) >= 11 is 0. The molecular weight excluding hydrogens is 913 g/mol. The van der Waals surface area contributed by atoms with Crippen LogP contribution < -0.4 is 0 Å². The van der Waals surface area contributed by atoms with E-state index < -0.39 is 6.10 Å². The minimum atomic E-state index is -0.786. The van der Waals surface area contributed by atoms with Crippen molar-refractivity contribution in [3.8, 4) is 0 Å². The predicted octanol–water partition coefficient (Wildman–Crippen LogP) is 21.9. The molecule has 0 aliphatic carbocycles. The zero-order chi connectivity index (χ0) is 53.6. The van der Waals surface area contributed by atoms with Gasteiger partial charge in [-0.3, -0.25) is 14.4 Å². The molecule has 0 rings (SSSR count). The normalized spacial score (nSPS) is 12.4. The van der Waals surface area contributed by atoms with E-state index in [1.54, 1.807) is 0 Å². The first-order valence-electron chi connectivity index (χ1n) is 32.3. The fraction of sp³-hybridized carbons (Fsp3) is 0.809. The summed E-state index contributed by atoms with van der Waals surface area (Å²) in [7, 11) is 0. The van der Waals surface area contributed by atoms with E-state index in [0.29, 0.717) is 19.3 Å². The van der Waals surface area contributed by atoms with Crippen LogP contribution in [0.5, 0.6) is 0 Å². The van der Waals surface area contributed by atoms with Crippen molar-refractivity contribution in [3.63, 3.8) is 0 Å². The molecule has 0 radical (unpaired) electrons. The lowest BCUT2D eigenvalue weighted by Crippen LogP contribution is -2.30. The zero-order valence-corrected chi connectivity index (χ0v) is 49.4. The molecule has 0 N–H and O–H groups in total. The molecular formula is C68H122O6. The summed E-state index contributed by atoms with van der Waals surface area (Å²) in [6, 6.07) is 0. The van der Waals surface area contributed by atoms with Crippen LogP contribution in [0.4, 0.5) is 0 Å². The van der Waals surface area contributed by atoms with Crippen molar-refractivity contribution in [1.82, 2.24) is 0 Å². The van der Waals surface area contributed by atoms with Crippen LogP contribution in [0.2, 0.25) is 0 Å². The highest BCUT2D eigenvalue weighted by molar-refractivity contribution is 5.71. The predicted molar refractivity (Wildman–Crippen MR) is 321 cm³/mol. The number of rotatable bonds is 59. The third-order valence-electron chi connectivity index (χ3n) is 14.3. The molecule has 0 aliphatic heterocycles. The molecule has 0 amide bonds. The van der Waals surface area contributed by atoms with Gasteiger partial charge in [0.15, 0.2) is 6.10 Å². The van der Waals surface area contributed by atoms with Crippen LogP contribution >= 0.6 is 0 Å². The molecule has 6 heteroatoms. The van der Waals surface area contributed by atoms with Crippen molar-refractivity contribution < 1.29 is 28.6 Å². The second-order valence-electron chi connectivity index (χ2n) is 21.6. The summed E-state index contributed by atoms with van der Waals surface area (Å²) in [5, 5.41) is 0. The number of esters is 3. The second kappa shape index (κ2) is 62.6. The molecule has 1 unspecified atom stereocenters. The van der Waals surface area contributed by atoms with Crippen LogP contribution in [-0.4, -0.2) is 37.2 Å². The van der Waals surface area contributed by atoms with Gasteiger partial charge in [-0.05, 0) is 83.5 Å². The topological polar surface area (TPSA) is 78.9 Å². The lowest BCUT2D eigenvalue weighted by atomic mass is 10.0. The van der Waals surface area contributed by atoms with Gasteiger partial charge in [-0.2, -0.15) is 0 Å². The van der Waals surface area contributed by atoms with Crippen molar-refractivity contribution in [1.29, 1.82) is 0 Å². The van der Waals surface area contributed by atoms with E-state index in [1.165, 1.54) is 199 Å². The fourth-order valence-corrected chi connectivity index (χ4v) is 9.43.